The molecule has 1 aromatic carbocycles. The van der Waals surface area contributed by atoms with E-state index in [9.17, 15) is 0 Å². The van der Waals surface area contributed by atoms with Crippen LogP contribution in [0.4, 0.5) is 0 Å². The van der Waals surface area contributed by atoms with Gasteiger partial charge in [0.1, 0.15) is 0 Å². The standard InChI is InChI=1S/C13H20ClNO2/c1-9(5-4-6-15)10-7-12(16-2)13(17-3)8-11(10)14/h7-9H,4-6,15H2,1-3H3. The topological polar surface area (TPSA) is 44.5 Å². The van der Waals surface area contributed by atoms with Gasteiger partial charge in [-0.25, -0.2) is 0 Å². The number of hydrogen-bond donors (Lipinski definition) is 1. The lowest BCUT2D eigenvalue weighted by atomic mass is 9.95. The Morgan fingerprint density at radius 1 is 1.24 bits per heavy atom. The molecule has 2 N–H and O–H groups in total. The number of methoxy groups -OCH3 is 2. The van der Waals surface area contributed by atoms with Gasteiger partial charge in [0.05, 0.1) is 14.2 Å². The summed E-state index contributed by atoms with van der Waals surface area (Å²) in [5, 5.41) is 0.715. The molecular formula is C13H20ClNO2. The van der Waals surface area contributed by atoms with E-state index in [1.807, 2.05) is 6.07 Å². The van der Waals surface area contributed by atoms with Crippen LogP contribution in [-0.2, 0) is 0 Å². The molecule has 17 heavy (non-hydrogen) atoms. The van der Waals surface area contributed by atoms with E-state index in [1.54, 1.807) is 20.3 Å². The van der Waals surface area contributed by atoms with E-state index in [0.717, 1.165) is 18.4 Å². The predicted molar refractivity (Wildman–Crippen MR) is 71.3 cm³/mol. The van der Waals surface area contributed by atoms with Crippen molar-refractivity contribution < 1.29 is 9.47 Å². The van der Waals surface area contributed by atoms with Crippen LogP contribution in [0.1, 0.15) is 31.2 Å². The van der Waals surface area contributed by atoms with Gasteiger partial charge in [0.2, 0.25) is 0 Å². The van der Waals surface area contributed by atoms with E-state index >= 15 is 0 Å². The fourth-order valence-electron chi connectivity index (χ4n) is 1.83. The molecule has 0 saturated heterocycles. The Labute approximate surface area is 108 Å². The highest BCUT2D eigenvalue weighted by Gasteiger charge is 2.14. The van der Waals surface area contributed by atoms with Gasteiger partial charge >= 0.3 is 0 Å². The summed E-state index contributed by atoms with van der Waals surface area (Å²) in [4.78, 5) is 0. The van der Waals surface area contributed by atoms with Crippen molar-refractivity contribution in [2.45, 2.75) is 25.7 Å². The third-order valence-electron chi connectivity index (χ3n) is 2.88. The zero-order valence-electron chi connectivity index (χ0n) is 10.6. The lowest BCUT2D eigenvalue weighted by molar-refractivity contribution is 0.354. The molecule has 0 saturated carbocycles. The van der Waals surface area contributed by atoms with Gasteiger partial charge < -0.3 is 15.2 Å². The van der Waals surface area contributed by atoms with Gasteiger partial charge in [-0.15, -0.1) is 0 Å². The Bertz CT molecular complexity index is 369. The number of rotatable bonds is 6. The summed E-state index contributed by atoms with van der Waals surface area (Å²) < 4.78 is 10.5. The third-order valence-corrected chi connectivity index (χ3v) is 3.20. The molecule has 0 aliphatic heterocycles. The highest BCUT2D eigenvalue weighted by Crippen LogP contribution is 2.37. The zero-order valence-corrected chi connectivity index (χ0v) is 11.4. The number of ether oxygens (including phenoxy) is 2. The summed E-state index contributed by atoms with van der Waals surface area (Å²) in [6.45, 7) is 2.85. The Morgan fingerprint density at radius 3 is 2.35 bits per heavy atom. The lowest BCUT2D eigenvalue weighted by Crippen LogP contribution is -2.03. The average Bonchev–Trinajstić information content (AvgIpc) is 2.35. The minimum atomic E-state index is 0.367. The van der Waals surface area contributed by atoms with Crippen molar-refractivity contribution in [1.29, 1.82) is 0 Å². The molecule has 1 rings (SSSR count). The van der Waals surface area contributed by atoms with Crippen LogP contribution in [0.3, 0.4) is 0 Å². The Kier molecular flexibility index (Phi) is 5.59. The summed E-state index contributed by atoms with van der Waals surface area (Å²) >= 11 is 6.24. The normalized spacial score (nSPS) is 12.3. The molecular weight excluding hydrogens is 238 g/mol. The van der Waals surface area contributed by atoms with Gasteiger partial charge in [0, 0.05) is 11.1 Å². The van der Waals surface area contributed by atoms with Crippen LogP contribution >= 0.6 is 11.6 Å². The smallest absolute Gasteiger partial charge is 0.162 e. The molecule has 0 bridgehead atoms. The SMILES string of the molecule is COc1cc(Cl)c(C(C)CCCN)cc1OC. The second-order valence-corrected chi connectivity index (χ2v) is 4.47. The summed E-state index contributed by atoms with van der Waals surface area (Å²) in [6, 6.07) is 3.75. The van der Waals surface area contributed by atoms with Gasteiger partial charge in [-0.2, -0.15) is 0 Å². The largest absolute Gasteiger partial charge is 0.493 e. The maximum atomic E-state index is 6.24. The molecule has 4 heteroatoms. The molecule has 0 amide bonds. The van der Waals surface area contributed by atoms with Crippen LogP contribution in [0, 0.1) is 0 Å². The highest BCUT2D eigenvalue weighted by atomic mass is 35.5. The third kappa shape index (κ3) is 3.51. The maximum absolute atomic E-state index is 6.24. The van der Waals surface area contributed by atoms with Crippen molar-refractivity contribution in [2.24, 2.45) is 5.73 Å². The van der Waals surface area contributed by atoms with Gasteiger partial charge in [-0.3, -0.25) is 0 Å². The lowest BCUT2D eigenvalue weighted by Gasteiger charge is -2.16. The molecule has 3 nitrogen and oxygen atoms in total. The highest BCUT2D eigenvalue weighted by molar-refractivity contribution is 6.31. The van der Waals surface area contributed by atoms with Crippen LogP contribution in [-0.4, -0.2) is 20.8 Å². The first-order chi connectivity index (χ1) is 8.13. The van der Waals surface area contributed by atoms with Crippen molar-refractivity contribution in [1.82, 2.24) is 0 Å². The fraction of sp³-hybridized carbons (Fsp3) is 0.538. The number of hydrogen-bond acceptors (Lipinski definition) is 3. The van der Waals surface area contributed by atoms with Crippen molar-refractivity contribution in [3.8, 4) is 11.5 Å². The molecule has 0 radical (unpaired) electrons. The van der Waals surface area contributed by atoms with Crippen LogP contribution < -0.4 is 15.2 Å². The van der Waals surface area contributed by atoms with E-state index in [4.69, 9.17) is 26.8 Å². The van der Waals surface area contributed by atoms with Crippen molar-refractivity contribution in [3.63, 3.8) is 0 Å². The quantitative estimate of drug-likeness (QED) is 0.851. The Balaban J connectivity index is 2.99. The number of nitrogens with two attached hydrogens (primary N) is 1. The van der Waals surface area contributed by atoms with E-state index in [1.165, 1.54) is 0 Å². The summed E-state index contributed by atoms with van der Waals surface area (Å²) in [5.41, 5.74) is 6.60. The number of benzene rings is 1. The first-order valence-corrected chi connectivity index (χ1v) is 6.13. The molecule has 0 aliphatic rings. The van der Waals surface area contributed by atoms with E-state index in [0.29, 0.717) is 29.0 Å². The van der Waals surface area contributed by atoms with Crippen molar-refractivity contribution in [3.05, 3.63) is 22.7 Å². The van der Waals surface area contributed by atoms with Gasteiger partial charge in [0.25, 0.3) is 0 Å². The minimum Gasteiger partial charge on any atom is -0.493 e. The van der Waals surface area contributed by atoms with Crippen molar-refractivity contribution >= 4 is 11.6 Å². The molecule has 0 spiro atoms. The van der Waals surface area contributed by atoms with Crippen LogP contribution in [0.2, 0.25) is 5.02 Å². The molecule has 96 valence electrons. The average molecular weight is 258 g/mol. The molecule has 1 aromatic rings. The second kappa shape index (κ2) is 6.72. The molecule has 0 fully saturated rings. The predicted octanol–water partition coefficient (Wildman–Crippen LogP) is 3.20. The minimum absolute atomic E-state index is 0.367. The Hall–Kier alpha value is -0.930. The summed E-state index contributed by atoms with van der Waals surface area (Å²) in [7, 11) is 3.23. The second-order valence-electron chi connectivity index (χ2n) is 4.06. The summed E-state index contributed by atoms with van der Waals surface area (Å²) in [6.07, 6.45) is 2.01. The molecule has 1 unspecified atom stereocenters. The van der Waals surface area contributed by atoms with E-state index < -0.39 is 0 Å². The fourth-order valence-corrected chi connectivity index (χ4v) is 2.17. The first-order valence-electron chi connectivity index (χ1n) is 5.75. The van der Waals surface area contributed by atoms with Gasteiger partial charge in [-0.1, -0.05) is 18.5 Å². The monoisotopic (exact) mass is 257 g/mol. The van der Waals surface area contributed by atoms with E-state index in [-0.39, 0.29) is 0 Å². The van der Waals surface area contributed by atoms with Gasteiger partial charge in [-0.05, 0) is 36.9 Å². The van der Waals surface area contributed by atoms with Crippen LogP contribution in [0.15, 0.2) is 12.1 Å². The van der Waals surface area contributed by atoms with E-state index in [2.05, 4.69) is 6.92 Å². The van der Waals surface area contributed by atoms with Crippen LogP contribution in [0.5, 0.6) is 11.5 Å². The molecule has 1 atom stereocenters. The Morgan fingerprint density at radius 2 is 1.82 bits per heavy atom. The number of halogens is 1. The molecule has 0 heterocycles. The molecule has 0 aromatic heterocycles. The van der Waals surface area contributed by atoms with Gasteiger partial charge in [0.15, 0.2) is 11.5 Å². The van der Waals surface area contributed by atoms with Crippen LogP contribution in [0.25, 0.3) is 0 Å². The molecule has 0 aliphatic carbocycles. The van der Waals surface area contributed by atoms with Crippen molar-refractivity contribution in [2.75, 3.05) is 20.8 Å². The zero-order chi connectivity index (χ0) is 12.8. The maximum Gasteiger partial charge on any atom is 0.162 e. The summed E-state index contributed by atoms with van der Waals surface area (Å²) in [5.74, 6) is 1.74. The first kappa shape index (κ1) is 14.1.